The number of furan rings is 1. The first-order valence-corrected chi connectivity index (χ1v) is 8.53. The molecule has 136 valence electrons. The molecule has 0 radical (unpaired) electrons. The third-order valence-corrected chi connectivity index (χ3v) is 4.32. The quantitative estimate of drug-likeness (QED) is 0.783. The molecule has 0 bridgehead atoms. The van der Waals surface area contributed by atoms with Gasteiger partial charge < -0.3 is 14.6 Å². The summed E-state index contributed by atoms with van der Waals surface area (Å²) in [6.45, 7) is 2.55. The van der Waals surface area contributed by atoms with Crippen LogP contribution in [0.2, 0.25) is 0 Å². The molecule has 0 aliphatic carbocycles. The lowest BCUT2D eigenvalue weighted by molar-refractivity contribution is -0.131. The minimum atomic E-state index is -0.262. The molecular weight excluding hydrogens is 334 g/mol. The highest BCUT2D eigenvalue weighted by Crippen LogP contribution is 2.07. The van der Waals surface area contributed by atoms with E-state index in [1.54, 1.807) is 41.3 Å². The molecule has 1 aromatic heterocycles. The van der Waals surface area contributed by atoms with E-state index in [-0.39, 0.29) is 30.7 Å². The van der Waals surface area contributed by atoms with E-state index in [9.17, 15) is 14.4 Å². The molecule has 0 spiro atoms. The van der Waals surface area contributed by atoms with Crippen molar-refractivity contribution in [1.29, 1.82) is 0 Å². The molecule has 1 N–H and O–H groups in total. The van der Waals surface area contributed by atoms with Crippen LogP contribution in [0.1, 0.15) is 20.9 Å². The third-order valence-electron chi connectivity index (χ3n) is 4.32. The van der Waals surface area contributed by atoms with Gasteiger partial charge in [-0.25, -0.2) is 0 Å². The van der Waals surface area contributed by atoms with Crippen LogP contribution in [0.3, 0.4) is 0 Å². The molecule has 7 heteroatoms. The maximum atomic E-state index is 12.3. The number of carbonyl (C=O) groups is 3. The first kappa shape index (κ1) is 17.9. The topological polar surface area (TPSA) is 82.9 Å². The van der Waals surface area contributed by atoms with Gasteiger partial charge >= 0.3 is 0 Å². The SMILES string of the molecule is O=C(NCC(=O)N1CCN(CC(=O)c2ccco2)CC1)c1ccccc1. The second-order valence-electron chi connectivity index (χ2n) is 6.11. The standard InChI is InChI=1S/C19H21N3O4/c23-16(17-7-4-12-26-17)14-21-8-10-22(11-9-21)18(24)13-20-19(25)15-5-2-1-3-6-15/h1-7,12H,8-11,13-14H2,(H,20,25). The number of amides is 2. The molecule has 0 atom stereocenters. The molecule has 0 unspecified atom stereocenters. The Morgan fingerprint density at radius 3 is 2.35 bits per heavy atom. The fraction of sp³-hybridized carbons (Fsp3) is 0.316. The van der Waals surface area contributed by atoms with E-state index >= 15 is 0 Å². The average Bonchev–Trinajstić information content (AvgIpc) is 3.22. The molecule has 1 aliphatic rings. The second kappa shape index (κ2) is 8.44. The van der Waals surface area contributed by atoms with Gasteiger partial charge in [0.25, 0.3) is 5.91 Å². The first-order valence-electron chi connectivity index (χ1n) is 8.53. The van der Waals surface area contributed by atoms with Gasteiger partial charge in [-0.3, -0.25) is 19.3 Å². The molecule has 3 rings (SSSR count). The maximum absolute atomic E-state index is 12.3. The number of ketones is 1. The van der Waals surface area contributed by atoms with Crippen molar-refractivity contribution in [1.82, 2.24) is 15.1 Å². The Morgan fingerprint density at radius 2 is 1.69 bits per heavy atom. The molecule has 1 aliphatic heterocycles. The summed E-state index contributed by atoms with van der Waals surface area (Å²) >= 11 is 0. The van der Waals surface area contributed by atoms with Crippen LogP contribution in [0.15, 0.2) is 53.1 Å². The van der Waals surface area contributed by atoms with E-state index in [1.807, 2.05) is 11.0 Å². The largest absolute Gasteiger partial charge is 0.461 e. The normalized spacial score (nSPS) is 14.8. The van der Waals surface area contributed by atoms with Crippen molar-refractivity contribution in [2.24, 2.45) is 0 Å². The number of Topliss-reactive ketones (excluding diaryl/α,β-unsaturated/α-hetero) is 1. The third kappa shape index (κ3) is 4.58. The number of hydrogen-bond donors (Lipinski definition) is 1. The monoisotopic (exact) mass is 355 g/mol. The van der Waals surface area contributed by atoms with Gasteiger partial charge in [-0.2, -0.15) is 0 Å². The number of nitrogens with one attached hydrogen (secondary N) is 1. The Kier molecular flexibility index (Phi) is 5.80. The van der Waals surface area contributed by atoms with E-state index in [1.165, 1.54) is 6.26 Å². The highest BCUT2D eigenvalue weighted by atomic mass is 16.3. The van der Waals surface area contributed by atoms with Crippen molar-refractivity contribution in [3.63, 3.8) is 0 Å². The van der Waals surface area contributed by atoms with E-state index < -0.39 is 0 Å². The number of benzene rings is 1. The lowest BCUT2D eigenvalue weighted by Crippen LogP contribution is -2.52. The number of piperazine rings is 1. The van der Waals surface area contributed by atoms with Crippen LogP contribution in [0, 0.1) is 0 Å². The number of carbonyl (C=O) groups excluding carboxylic acids is 3. The Balaban J connectivity index is 1.41. The minimum absolute atomic E-state index is 0.0287. The Morgan fingerprint density at radius 1 is 0.962 bits per heavy atom. The molecule has 2 amide bonds. The highest BCUT2D eigenvalue weighted by molar-refractivity contribution is 5.96. The van der Waals surface area contributed by atoms with Crippen molar-refractivity contribution in [3.8, 4) is 0 Å². The van der Waals surface area contributed by atoms with E-state index in [2.05, 4.69) is 5.32 Å². The second-order valence-corrected chi connectivity index (χ2v) is 6.11. The molecule has 1 aromatic carbocycles. The zero-order chi connectivity index (χ0) is 18.4. The average molecular weight is 355 g/mol. The van der Waals surface area contributed by atoms with Gasteiger partial charge in [-0.05, 0) is 24.3 Å². The van der Waals surface area contributed by atoms with Crippen LogP contribution >= 0.6 is 0 Å². The summed E-state index contributed by atoms with van der Waals surface area (Å²) in [4.78, 5) is 40.0. The van der Waals surface area contributed by atoms with Gasteiger partial charge in [0.1, 0.15) is 0 Å². The van der Waals surface area contributed by atoms with Crippen molar-refractivity contribution in [2.75, 3.05) is 39.3 Å². The summed E-state index contributed by atoms with van der Waals surface area (Å²) in [5, 5.41) is 2.65. The number of rotatable bonds is 6. The lowest BCUT2D eigenvalue weighted by atomic mass is 10.2. The Bertz CT molecular complexity index is 750. The number of hydrogen-bond acceptors (Lipinski definition) is 5. The van der Waals surface area contributed by atoms with Crippen LogP contribution in [0.25, 0.3) is 0 Å². The summed E-state index contributed by atoms with van der Waals surface area (Å²) in [5.74, 6) is -0.0926. The van der Waals surface area contributed by atoms with E-state index in [0.717, 1.165) is 0 Å². The Labute approximate surface area is 151 Å². The summed E-state index contributed by atoms with van der Waals surface area (Å²) < 4.78 is 5.11. The van der Waals surface area contributed by atoms with Crippen LogP contribution in [-0.4, -0.2) is 66.7 Å². The van der Waals surface area contributed by atoms with Gasteiger partial charge in [-0.15, -0.1) is 0 Å². The molecule has 1 fully saturated rings. The lowest BCUT2D eigenvalue weighted by Gasteiger charge is -2.34. The van der Waals surface area contributed by atoms with Gasteiger partial charge in [0.05, 0.1) is 19.4 Å². The predicted octanol–water partition coefficient (Wildman–Crippen LogP) is 1.04. The molecular formula is C19H21N3O4. The van der Waals surface area contributed by atoms with Crippen molar-refractivity contribution in [2.45, 2.75) is 0 Å². The van der Waals surface area contributed by atoms with Crippen molar-refractivity contribution < 1.29 is 18.8 Å². The van der Waals surface area contributed by atoms with E-state index in [4.69, 9.17) is 4.42 Å². The van der Waals surface area contributed by atoms with E-state index in [0.29, 0.717) is 37.5 Å². The van der Waals surface area contributed by atoms with Crippen molar-refractivity contribution >= 4 is 17.6 Å². The summed E-state index contributed by atoms with van der Waals surface area (Å²) in [6.07, 6.45) is 1.48. The first-order chi connectivity index (χ1) is 12.6. The van der Waals surface area contributed by atoms with Gasteiger partial charge in [0, 0.05) is 31.7 Å². The molecule has 7 nitrogen and oxygen atoms in total. The smallest absolute Gasteiger partial charge is 0.251 e. The summed E-state index contributed by atoms with van der Waals surface area (Å²) in [6, 6.07) is 12.1. The van der Waals surface area contributed by atoms with Gasteiger partial charge in [0.2, 0.25) is 11.7 Å². The summed E-state index contributed by atoms with van der Waals surface area (Å²) in [5.41, 5.74) is 0.529. The molecule has 0 saturated carbocycles. The zero-order valence-corrected chi connectivity index (χ0v) is 14.4. The zero-order valence-electron chi connectivity index (χ0n) is 14.4. The maximum Gasteiger partial charge on any atom is 0.251 e. The van der Waals surface area contributed by atoms with Gasteiger partial charge in [0.15, 0.2) is 5.76 Å². The van der Waals surface area contributed by atoms with Crippen LogP contribution in [0.4, 0.5) is 0 Å². The molecule has 1 saturated heterocycles. The number of nitrogens with zero attached hydrogens (tertiary/aromatic N) is 2. The molecule has 26 heavy (non-hydrogen) atoms. The molecule has 2 heterocycles. The fourth-order valence-electron chi connectivity index (χ4n) is 2.83. The molecule has 2 aromatic rings. The minimum Gasteiger partial charge on any atom is -0.461 e. The predicted molar refractivity (Wildman–Crippen MR) is 94.8 cm³/mol. The fourth-order valence-corrected chi connectivity index (χ4v) is 2.83. The van der Waals surface area contributed by atoms with Gasteiger partial charge in [-0.1, -0.05) is 18.2 Å². The Hall–Kier alpha value is -2.93. The van der Waals surface area contributed by atoms with Crippen LogP contribution < -0.4 is 5.32 Å². The van der Waals surface area contributed by atoms with Crippen LogP contribution in [0.5, 0.6) is 0 Å². The van der Waals surface area contributed by atoms with Crippen molar-refractivity contribution in [3.05, 3.63) is 60.1 Å². The van der Waals surface area contributed by atoms with Crippen LogP contribution in [-0.2, 0) is 4.79 Å². The highest BCUT2D eigenvalue weighted by Gasteiger charge is 2.23. The summed E-state index contributed by atoms with van der Waals surface area (Å²) in [7, 11) is 0.